The molecule has 0 heterocycles. The van der Waals surface area contributed by atoms with Crippen LogP contribution in [0.15, 0.2) is 4.90 Å². The third-order valence-corrected chi connectivity index (χ3v) is 5.00. The van der Waals surface area contributed by atoms with Crippen LogP contribution in [0.2, 0.25) is 0 Å². The molecule has 0 saturated heterocycles. The second-order valence-electron chi connectivity index (χ2n) is 5.03. The van der Waals surface area contributed by atoms with E-state index in [1.54, 1.807) is 0 Å². The van der Waals surface area contributed by atoms with Gasteiger partial charge in [-0.25, -0.2) is 35.1 Å². The van der Waals surface area contributed by atoms with Crippen molar-refractivity contribution in [1.82, 2.24) is 4.72 Å². The Balaban J connectivity index is 2.38. The van der Waals surface area contributed by atoms with Crippen LogP contribution in [0.3, 0.4) is 0 Å². The largest absolute Gasteiger partial charge is 0.393 e. The van der Waals surface area contributed by atoms with Gasteiger partial charge >= 0.3 is 0 Å². The highest BCUT2D eigenvalue weighted by atomic mass is 32.2. The van der Waals surface area contributed by atoms with Crippen LogP contribution in [0.4, 0.5) is 22.0 Å². The summed E-state index contributed by atoms with van der Waals surface area (Å²) < 4.78 is 91.9. The summed E-state index contributed by atoms with van der Waals surface area (Å²) in [4.78, 5) is -1.89. The van der Waals surface area contributed by atoms with Crippen LogP contribution in [0.25, 0.3) is 0 Å². The molecule has 0 aromatic heterocycles. The summed E-state index contributed by atoms with van der Waals surface area (Å²) >= 11 is 0. The fraction of sp³-hybridized carbons (Fsp3) is 0.500. The highest BCUT2D eigenvalue weighted by Crippen LogP contribution is 2.28. The van der Waals surface area contributed by atoms with Gasteiger partial charge in [0.1, 0.15) is 0 Å². The minimum absolute atomic E-state index is 0.190. The Morgan fingerprint density at radius 3 is 1.68 bits per heavy atom. The summed E-state index contributed by atoms with van der Waals surface area (Å²) in [5.74, 6) is -11.9. The Labute approximate surface area is 123 Å². The second-order valence-corrected chi connectivity index (χ2v) is 6.68. The maximum atomic E-state index is 13.5. The van der Waals surface area contributed by atoms with Crippen molar-refractivity contribution in [3.8, 4) is 0 Å². The van der Waals surface area contributed by atoms with E-state index in [2.05, 4.69) is 0 Å². The highest BCUT2D eigenvalue weighted by molar-refractivity contribution is 7.89. The molecule has 1 aromatic rings. The Bertz CT molecular complexity index is 657. The van der Waals surface area contributed by atoms with Crippen molar-refractivity contribution >= 4 is 10.0 Å². The van der Waals surface area contributed by atoms with Crippen molar-refractivity contribution in [2.45, 2.75) is 42.7 Å². The number of rotatable bonds is 3. The van der Waals surface area contributed by atoms with Gasteiger partial charge in [0.05, 0.1) is 6.10 Å². The number of halogens is 5. The van der Waals surface area contributed by atoms with Gasteiger partial charge in [-0.1, -0.05) is 0 Å². The first-order valence-corrected chi connectivity index (χ1v) is 7.85. The molecule has 22 heavy (non-hydrogen) atoms. The first kappa shape index (κ1) is 17.1. The summed E-state index contributed by atoms with van der Waals surface area (Å²) in [5.41, 5.74) is 0. The number of aliphatic hydroxyl groups is 1. The van der Waals surface area contributed by atoms with Gasteiger partial charge in [0.25, 0.3) is 0 Å². The number of nitrogens with one attached hydrogen (secondary N) is 1. The SMILES string of the molecule is O=S(=O)(NC1CCC(O)CC1)c1c(F)c(F)c(F)c(F)c1F. The van der Waals surface area contributed by atoms with Crippen molar-refractivity contribution in [2.75, 3.05) is 0 Å². The van der Waals surface area contributed by atoms with E-state index in [1.807, 2.05) is 4.72 Å². The van der Waals surface area contributed by atoms with Crippen LogP contribution in [-0.4, -0.2) is 25.7 Å². The van der Waals surface area contributed by atoms with Gasteiger partial charge in [0.2, 0.25) is 15.8 Å². The Morgan fingerprint density at radius 2 is 1.23 bits per heavy atom. The van der Waals surface area contributed by atoms with Gasteiger partial charge < -0.3 is 5.11 Å². The minimum atomic E-state index is -4.93. The molecule has 2 rings (SSSR count). The average molecular weight is 345 g/mol. The van der Waals surface area contributed by atoms with Gasteiger partial charge in [-0.3, -0.25) is 0 Å². The Hall–Kier alpha value is -1.26. The molecule has 0 bridgehead atoms. The topological polar surface area (TPSA) is 66.4 Å². The summed E-state index contributed by atoms with van der Waals surface area (Å²) in [5, 5.41) is 9.30. The number of sulfonamides is 1. The normalized spacial score (nSPS) is 22.8. The molecule has 124 valence electrons. The first-order chi connectivity index (χ1) is 10.1. The van der Waals surface area contributed by atoms with E-state index in [-0.39, 0.29) is 25.7 Å². The van der Waals surface area contributed by atoms with E-state index >= 15 is 0 Å². The van der Waals surface area contributed by atoms with Crippen molar-refractivity contribution < 1.29 is 35.5 Å². The monoisotopic (exact) mass is 345 g/mol. The van der Waals surface area contributed by atoms with Crippen molar-refractivity contribution in [2.24, 2.45) is 0 Å². The molecule has 0 atom stereocenters. The first-order valence-electron chi connectivity index (χ1n) is 6.37. The smallest absolute Gasteiger partial charge is 0.246 e. The molecule has 4 nitrogen and oxygen atoms in total. The van der Waals surface area contributed by atoms with Crippen LogP contribution in [0.1, 0.15) is 25.7 Å². The van der Waals surface area contributed by atoms with Crippen LogP contribution >= 0.6 is 0 Å². The lowest BCUT2D eigenvalue weighted by Gasteiger charge is -2.26. The van der Waals surface area contributed by atoms with Crippen molar-refractivity contribution in [1.29, 1.82) is 0 Å². The summed E-state index contributed by atoms with van der Waals surface area (Å²) in [6.45, 7) is 0. The average Bonchev–Trinajstić information content (AvgIpc) is 2.45. The van der Waals surface area contributed by atoms with Crippen molar-refractivity contribution in [3.05, 3.63) is 29.1 Å². The lowest BCUT2D eigenvalue weighted by Crippen LogP contribution is -2.39. The van der Waals surface area contributed by atoms with E-state index < -0.39 is 56.2 Å². The third-order valence-electron chi connectivity index (χ3n) is 3.46. The van der Waals surface area contributed by atoms with E-state index in [0.29, 0.717) is 0 Å². The number of benzene rings is 1. The zero-order chi connectivity index (χ0) is 16.7. The van der Waals surface area contributed by atoms with Crippen LogP contribution in [-0.2, 0) is 10.0 Å². The molecule has 0 aliphatic heterocycles. The molecule has 1 fully saturated rings. The van der Waals surface area contributed by atoms with E-state index in [1.165, 1.54) is 0 Å². The predicted molar refractivity (Wildman–Crippen MR) is 64.8 cm³/mol. The molecule has 0 spiro atoms. The van der Waals surface area contributed by atoms with Gasteiger partial charge in [-0.15, -0.1) is 0 Å². The summed E-state index contributed by atoms with van der Waals surface area (Å²) in [6.07, 6.45) is 0.315. The van der Waals surface area contributed by atoms with Crippen LogP contribution < -0.4 is 4.72 Å². The molecule has 0 amide bonds. The molecule has 10 heteroatoms. The molecular formula is C12H12F5NO3S. The Morgan fingerprint density at radius 1 is 0.818 bits per heavy atom. The molecule has 0 unspecified atom stereocenters. The molecule has 0 radical (unpaired) electrons. The number of hydrogen-bond donors (Lipinski definition) is 2. The number of aliphatic hydroxyl groups excluding tert-OH is 1. The van der Waals surface area contributed by atoms with E-state index in [0.717, 1.165) is 0 Å². The zero-order valence-electron chi connectivity index (χ0n) is 11.0. The van der Waals surface area contributed by atoms with Gasteiger partial charge in [-0.2, -0.15) is 0 Å². The molecular weight excluding hydrogens is 333 g/mol. The summed E-state index contributed by atoms with van der Waals surface area (Å²) in [7, 11) is -4.93. The predicted octanol–water partition coefficient (Wildman–Crippen LogP) is 1.96. The molecule has 1 aliphatic carbocycles. The maximum absolute atomic E-state index is 13.5. The highest BCUT2D eigenvalue weighted by Gasteiger charge is 2.35. The van der Waals surface area contributed by atoms with E-state index in [4.69, 9.17) is 0 Å². The molecule has 2 N–H and O–H groups in total. The molecule has 1 aromatic carbocycles. The van der Waals surface area contributed by atoms with Gasteiger partial charge in [0.15, 0.2) is 28.2 Å². The van der Waals surface area contributed by atoms with Gasteiger partial charge in [-0.05, 0) is 25.7 Å². The summed E-state index contributed by atoms with van der Waals surface area (Å²) in [6, 6.07) is -0.747. The lowest BCUT2D eigenvalue weighted by atomic mass is 9.94. The lowest BCUT2D eigenvalue weighted by molar-refractivity contribution is 0.120. The number of hydrogen-bond acceptors (Lipinski definition) is 3. The quantitative estimate of drug-likeness (QED) is 0.500. The second kappa shape index (κ2) is 6.09. The molecule has 1 aliphatic rings. The zero-order valence-corrected chi connectivity index (χ0v) is 11.9. The standard InChI is InChI=1S/C12H12F5NO3S/c13-7-8(14)10(16)12(11(17)9(7)15)22(20,21)18-5-1-3-6(19)4-2-5/h5-6,18-19H,1-4H2. The van der Waals surface area contributed by atoms with E-state index in [9.17, 15) is 35.5 Å². The van der Waals surface area contributed by atoms with Crippen LogP contribution in [0, 0.1) is 29.1 Å². The van der Waals surface area contributed by atoms with Crippen LogP contribution in [0.5, 0.6) is 0 Å². The van der Waals surface area contributed by atoms with Gasteiger partial charge in [0, 0.05) is 6.04 Å². The molecule has 1 saturated carbocycles. The minimum Gasteiger partial charge on any atom is -0.393 e. The fourth-order valence-corrected chi connectivity index (χ4v) is 3.74. The van der Waals surface area contributed by atoms with Crippen molar-refractivity contribution in [3.63, 3.8) is 0 Å². The Kier molecular flexibility index (Phi) is 4.73. The maximum Gasteiger partial charge on any atom is 0.246 e. The fourth-order valence-electron chi connectivity index (χ4n) is 2.29. The third kappa shape index (κ3) is 3.08.